The number of aliphatic hydroxyl groups is 1. The molecule has 2 aliphatic heterocycles. The van der Waals surface area contributed by atoms with Gasteiger partial charge in [0.15, 0.2) is 0 Å². The molecular formula is C15H16OS. The third-order valence-electron chi connectivity index (χ3n) is 3.89. The normalized spacial score (nSPS) is 35.5. The van der Waals surface area contributed by atoms with Crippen LogP contribution in [0.25, 0.3) is 0 Å². The van der Waals surface area contributed by atoms with E-state index in [1.165, 1.54) is 12.8 Å². The average Bonchev–Trinajstić information content (AvgIpc) is 2.69. The molecule has 2 atom stereocenters. The molecule has 0 aliphatic carbocycles. The first kappa shape index (κ1) is 11.2. The molecule has 0 aromatic heterocycles. The monoisotopic (exact) mass is 244 g/mol. The zero-order valence-corrected chi connectivity index (χ0v) is 10.5. The van der Waals surface area contributed by atoms with E-state index < -0.39 is 5.60 Å². The predicted octanol–water partition coefficient (Wildman–Crippen LogP) is 2.91. The minimum absolute atomic E-state index is 0.633. The predicted molar refractivity (Wildman–Crippen MR) is 71.9 cm³/mol. The molecule has 2 heteroatoms. The van der Waals surface area contributed by atoms with Gasteiger partial charge in [0.05, 0.1) is 5.60 Å². The molecule has 3 rings (SSSR count). The lowest BCUT2D eigenvalue weighted by atomic mass is 9.85. The van der Waals surface area contributed by atoms with Crippen molar-refractivity contribution in [2.24, 2.45) is 0 Å². The highest BCUT2D eigenvalue weighted by molar-refractivity contribution is 8.00. The molecule has 0 spiro atoms. The minimum atomic E-state index is -0.649. The summed E-state index contributed by atoms with van der Waals surface area (Å²) in [6, 6.07) is 7.84. The Morgan fingerprint density at radius 2 is 2.00 bits per heavy atom. The van der Waals surface area contributed by atoms with Gasteiger partial charge in [-0.25, -0.2) is 0 Å². The van der Waals surface area contributed by atoms with Gasteiger partial charge in [0.25, 0.3) is 0 Å². The fourth-order valence-electron chi connectivity index (χ4n) is 3.05. The van der Waals surface area contributed by atoms with Crippen molar-refractivity contribution in [2.75, 3.05) is 0 Å². The molecule has 1 nitrogen and oxygen atoms in total. The molecule has 2 saturated heterocycles. The zero-order chi connectivity index (χ0) is 11.9. The van der Waals surface area contributed by atoms with Crippen molar-refractivity contribution >= 4 is 11.8 Å². The number of thioether (sulfide) groups is 1. The van der Waals surface area contributed by atoms with Crippen LogP contribution in [0.4, 0.5) is 0 Å². The molecule has 17 heavy (non-hydrogen) atoms. The summed E-state index contributed by atoms with van der Waals surface area (Å²) < 4.78 is 0. The van der Waals surface area contributed by atoms with Gasteiger partial charge in [0, 0.05) is 16.1 Å². The van der Waals surface area contributed by atoms with E-state index in [1.54, 1.807) is 0 Å². The number of terminal acetylenes is 1. The molecule has 1 aromatic carbocycles. The Balaban J connectivity index is 1.94. The van der Waals surface area contributed by atoms with Gasteiger partial charge in [0.2, 0.25) is 0 Å². The molecule has 2 aliphatic rings. The van der Waals surface area contributed by atoms with Crippen molar-refractivity contribution < 1.29 is 5.11 Å². The fourth-order valence-corrected chi connectivity index (χ4v) is 4.88. The van der Waals surface area contributed by atoms with Crippen LogP contribution >= 0.6 is 11.8 Å². The Labute approximate surface area is 107 Å². The van der Waals surface area contributed by atoms with Crippen LogP contribution in [0.15, 0.2) is 24.3 Å². The van der Waals surface area contributed by atoms with Crippen molar-refractivity contribution in [3.05, 3.63) is 35.4 Å². The Bertz CT molecular complexity index is 462. The van der Waals surface area contributed by atoms with E-state index in [9.17, 15) is 5.11 Å². The van der Waals surface area contributed by atoms with Crippen LogP contribution in [0, 0.1) is 12.3 Å². The van der Waals surface area contributed by atoms with E-state index in [-0.39, 0.29) is 0 Å². The van der Waals surface area contributed by atoms with E-state index in [4.69, 9.17) is 6.42 Å². The second-order valence-corrected chi connectivity index (χ2v) is 6.73. The molecule has 0 amide bonds. The lowest BCUT2D eigenvalue weighted by Crippen LogP contribution is -2.34. The second-order valence-electron chi connectivity index (χ2n) is 5.12. The second kappa shape index (κ2) is 4.08. The highest BCUT2D eigenvalue weighted by Crippen LogP contribution is 2.51. The summed E-state index contributed by atoms with van der Waals surface area (Å²) >= 11 is 2.06. The zero-order valence-electron chi connectivity index (χ0n) is 9.73. The molecular weight excluding hydrogens is 228 g/mol. The number of benzene rings is 1. The lowest BCUT2D eigenvalue weighted by Gasteiger charge is -2.36. The molecule has 0 saturated carbocycles. The molecule has 0 radical (unpaired) electrons. The Hall–Kier alpha value is -0.910. The summed E-state index contributed by atoms with van der Waals surface area (Å²) in [5, 5.41) is 12.1. The van der Waals surface area contributed by atoms with Crippen LogP contribution in [-0.2, 0) is 5.60 Å². The maximum Gasteiger partial charge on any atom is 0.0918 e. The van der Waals surface area contributed by atoms with Crippen LogP contribution in [0.5, 0.6) is 0 Å². The number of hydrogen-bond donors (Lipinski definition) is 1. The summed E-state index contributed by atoms with van der Waals surface area (Å²) in [5.74, 6) is 2.65. The lowest BCUT2D eigenvalue weighted by molar-refractivity contribution is 0.0196. The third-order valence-corrected chi connectivity index (χ3v) is 5.47. The van der Waals surface area contributed by atoms with Gasteiger partial charge in [-0.15, -0.1) is 6.42 Å². The molecule has 2 unspecified atom stereocenters. The van der Waals surface area contributed by atoms with Gasteiger partial charge in [-0.2, -0.15) is 11.8 Å². The minimum Gasteiger partial charge on any atom is -0.385 e. The molecule has 88 valence electrons. The number of rotatable bonds is 1. The van der Waals surface area contributed by atoms with E-state index in [1.807, 2.05) is 24.3 Å². The van der Waals surface area contributed by atoms with Gasteiger partial charge in [-0.3, -0.25) is 0 Å². The van der Waals surface area contributed by atoms with Crippen LogP contribution in [0.2, 0.25) is 0 Å². The SMILES string of the molecule is C#Cc1cccc(C2(O)CC3CCC(C2)S3)c1. The first-order valence-corrected chi connectivity index (χ1v) is 7.09. The van der Waals surface area contributed by atoms with Crippen molar-refractivity contribution in [3.8, 4) is 12.3 Å². The largest absolute Gasteiger partial charge is 0.385 e. The molecule has 2 fully saturated rings. The Kier molecular flexibility index (Phi) is 2.69. The van der Waals surface area contributed by atoms with Crippen molar-refractivity contribution in [3.63, 3.8) is 0 Å². The number of fused-ring (bicyclic) bond motifs is 2. The van der Waals surface area contributed by atoms with Crippen LogP contribution in [0.1, 0.15) is 36.8 Å². The topological polar surface area (TPSA) is 20.2 Å². The Morgan fingerprint density at radius 3 is 2.65 bits per heavy atom. The molecule has 1 aromatic rings. The average molecular weight is 244 g/mol. The maximum absolute atomic E-state index is 10.9. The van der Waals surface area contributed by atoms with E-state index >= 15 is 0 Å². The summed E-state index contributed by atoms with van der Waals surface area (Å²) in [7, 11) is 0. The summed E-state index contributed by atoms with van der Waals surface area (Å²) in [5.41, 5.74) is 1.22. The maximum atomic E-state index is 10.9. The summed E-state index contributed by atoms with van der Waals surface area (Å²) in [4.78, 5) is 0. The van der Waals surface area contributed by atoms with Crippen molar-refractivity contribution in [2.45, 2.75) is 41.8 Å². The highest BCUT2D eigenvalue weighted by atomic mass is 32.2. The van der Waals surface area contributed by atoms with Gasteiger partial charge in [0.1, 0.15) is 0 Å². The highest BCUT2D eigenvalue weighted by Gasteiger charge is 2.44. The first-order valence-electron chi connectivity index (χ1n) is 6.15. The third kappa shape index (κ3) is 1.99. The van der Waals surface area contributed by atoms with Gasteiger partial charge < -0.3 is 5.11 Å². The van der Waals surface area contributed by atoms with Crippen molar-refractivity contribution in [1.29, 1.82) is 0 Å². The number of hydrogen-bond acceptors (Lipinski definition) is 2. The molecule has 1 N–H and O–H groups in total. The van der Waals surface area contributed by atoms with Crippen molar-refractivity contribution in [1.82, 2.24) is 0 Å². The standard InChI is InChI=1S/C15H16OS/c1-2-11-4-3-5-12(8-11)15(16)9-13-6-7-14(10-15)17-13/h1,3-5,8,13-14,16H,6-7,9-10H2. The first-order chi connectivity index (χ1) is 8.19. The molecule has 2 bridgehead atoms. The van der Waals surface area contributed by atoms with E-state index in [2.05, 4.69) is 17.7 Å². The quantitative estimate of drug-likeness (QED) is 0.767. The Morgan fingerprint density at radius 1 is 1.29 bits per heavy atom. The van der Waals surface area contributed by atoms with Gasteiger partial charge in [-0.1, -0.05) is 18.1 Å². The van der Waals surface area contributed by atoms with Crippen LogP contribution in [-0.4, -0.2) is 15.6 Å². The van der Waals surface area contributed by atoms with Gasteiger partial charge >= 0.3 is 0 Å². The van der Waals surface area contributed by atoms with Crippen LogP contribution in [0.3, 0.4) is 0 Å². The summed E-state index contributed by atoms with van der Waals surface area (Å²) in [6.07, 6.45) is 9.69. The summed E-state index contributed by atoms with van der Waals surface area (Å²) in [6.45, 7) is 0. The molecule has 2 heterocycles. The van der Waals surface area contributed by atoms with E-state index in [0.29, 0.717) is 10.5 Å². The fraction of sp³-hybridized carbons (Fsp3) is 0.467. The smallest absolute Gasteiger partial charge is 0.0918 e. The van der Waals surface area contributed by atoms with Crippen LogP contribution < -0.4 is 0 Å². The van der Waals surface area contributed by atoms with Gasteiger partial charge in [-0.05, 0) is 43.4 Å². The van der Waals surface area contributed by atoms with E-state index in [0.717, 1.165) is 24.0 Å².